The Bertz CT molecular complexity index is 522. The number of rotatable bonds is 4. The van der Waals surface area contributed by atoms with Crippen LogP contribution in [0.4, 0.5) is 0 Å². The SMILES string of the molecule is CCc1nc(CCNC(=NC)N2CCC3(CCOC3)C2)no1. The number of hydrogen-bond acceptors (Lipinski definition) is 5. The maximum Gasteiger partial charge on any atom is 0.226 e. The zero-order valence-electron chi connectivity index (χ0n) is 13.5. The van der Waals surface area contributed by atoms with E-state index in [1.165, 1.54) is 12.8 Å². The minimum atomic E-state index is 0.349. The van der Waals surface area contributed by atoms with Crippen molar-refractivity contribution in [1.82, 2.24) is 20.4 Å². The molecule has 22 heavy (non-hydrogen) atoms. The van der Waals surface area contributed by atoms with Crippen molar-refractivity contribution in [2.45, 2.75) is 32.6 Å². The summed E-state index contributed by atoms with van der Waals surface area (Å²) in [4.78, 5) is 11.1. The van der Waals surface area contributed by atoms with Crippen LogP contribution in [0.2, 0.25) is 0 Å². The summed E-state index contributed by atoms with van der Waals surface area (Å²) in [5.74, 6) is 2.41. The van der Waals surface area contributed by atoms with E-state index in [9.17, 15) is 0 Å². The van der Waals surface area contributed by atoms with Crippen LogP contribution in [-0.2, 0) is 17.6 Å². The molecule has 122 valence electrons. The Morgan fingerprint density at radius 2 is 2.36 bits per heavy atom. The van der Waals surface area contributed by atoms with Crippen LogP contribution in [-0.4, -0.2) is 60.9 Å². The van der Waals surface area contributed by atoms with Crippen molar-refractivity contribution >= 4 is 5.96 Å². The van der Waals surface area contributed by atoms with Crippen LogP contribution >= 0.6 is 0 Å². The van der Waals surface area contributed by atoms with Crippen LogP contribution in [0.25, 0.3) is 0 Å². The van der Waals surface area contributed by atoms with Crippen molar-refractivity contribution in [2.75, 3.05) is 39.9 Å². The van der Waals surface area contributed by atoms with Crippen LogP contribution in [0.5, 0.6) is 0 Å². The monoisotopic (exact) mass is 307 g/mol. The van der Waals surface area contributed by atoms with E-state index in [2.05, 4.69) is 25.3 Å². The van der Waals surface area contributed by atoms with Gasteiger partial charge in [-0.15, -0.1) is 0 Å². The lowest BCUT2D eigenvalue weighted by Crippen LogP contribution is -2.42. The van der Waals surface area contributed by atoms with E-state index in [4.69, 9.17) is 9.26 Å². The fourth-order valence-corrected chi connectivity index (χ4v) is 3.24. The van der Waals surface area contributed by atoms with Crippen LogP contribution < -0.4 is 5.32 Å². The van der Waals surface area contributed by atoms with Crippen LogP contribution in [0.15, 0.2) is 9.52 Å². The Balaban J connectivity index is 1.48. The largest absolute Gasteiger partial charge is 0.381 e. The Morgan fingerprint density at radius 3 is 3.05 bits per heavy atom. The number of aryl methyl sites for hydroxylation is 1. The molecule has 0 amide bonds. The normalized spacial score (nSPS) is 25.4. The second-order valence-corrected chi connectivity index (χ2v) is 6.16. The fourth-order valence-electron chi connectivity index (χ4n) is 3.24. The molecule has 0 bridgehead atoms. The van der Waals surface area contributed by atoms with E-state index in [0.29, 0.717) is 11.3 Å². The highest BCUT2D eigenvalue weighted by Crippen LogP contribution is 2.38. The second kappa shape index (κ2) is 6.64. The van der Waals surface area contributed by atoms with Gasteiger partial charge in [0.2, 0.25) is 5.89 Å². The van der Waals surface area contributed by atoms with Gasteiger partial charge in [-0.1, -0.05) is 12.1 Å². The van der Waals surface area contributed by atoms with E-state index < -0.39 is 0 Å². The molecule has 2 aliphatic heterocycles. The maximum absolute atomic E-state index is 5.58. The summed E-state index contributed by atoms with van der Waals surface area (Å²) in [6, 6.07) is 0. The molecule has 1 unspecified atom stereocenters. The predicted molar refractivity (Wildman–Crippen MR) is 82.8 cm³/mol. The van der Waals surface area contributed by atoms with E-state index in [1.54, 1.807) is 0 Å². The maximum atomic E-state index is 5.58. The van der Waals surface area contributed by atoms with E-state index in [1.807, 2.05) is 14.0 Å². The molecule has 0 aromatic carbocycles. The predicted octanol–water partition coefficient (Wildman–Crippen LogP) is 0.862. The first-order valence-corrected chi connectivity index (χ1v) is 8.09. The summed E-state index contributed by atoms with van der Waals surface area (Å²) in [6.07, 6.45) is 3.88. The Hall–Kier alpha value is -1.63. The number of aliphatic imine (C=N–C) groups is 1. The molecule has 0 saturated carbocycles. The molecular weight excluding hydrogens is 282 g/mol. The summed E-state index contributed by atoms with van der Waals surface area (Å²) >= 11 is 0. The minimum absolute atomic E-state index is 0.349. The first-order chi connectivity index (χ1) is 10.7. The van der Waals surface area contributed by atoms with Crippen LogP contribution in [0.3, 0.4) is 0 Å². The molecule has 3 rings (SSSR count). The average molecular weight is 307 g/mol. The van der Waals surface area contributed by atoms with Crippen LogP contribution in [0, 0.1) is 5.41 Å². The molecule has 7 heteroatoms. The minimum Gasteiger partial charge on any atom is -0.381 e. The number of guanidine groups is 1. The van der Waals surface area contributed by atoms with Crippen molar-refractivity contribution in [3.05, 3.63) is 11.7 Å². The molecule has 1 atom stereocenters. The van der Waals surface area contributed by atoms with Gasteiger partial charge in [-0.3, -0.25) is 4.99 Å². The van der Waals surface area contributed by atoms with Gasteiger partial charge in [0.1, 0.15) is 0 Å². The summed E-state index contributed by atoms with van der Waals surface area (Å²) < 4.78 is 10.7. The smallest absolute Gasteiger partial charge is 0.226 e. The van der Waals surface area contributed by atoms with E-state index >= 15 is 0 Å². The topological polar surface area (TPSA) is 75.8 Å². The van der Waals surface area contributed by atoms with Crippen molar-refractivity contribution in [2.24, 2.45) is 10.4 Å². The number of hydrogen-bond donors (Lipinski definition) is 1. The molecule has 2 saturated heterocycles. The molecule has 3 heterocycles. The van der Waals surface area contributed by atoms with Crippen molar-refractivity contribution in [3.8, 4) is 0 Å². The van der Waals surface area contributed by atoms with Gasteiger partial charge < -0.3 is 19.5 Å². The Kier molecular flexibility index (Phi) is 4.61. The lowest BCUT2D eigenvalue weighted by Gasteiger charge is -2.24. The van der Waals surface area contributed by atoms with Gasteiger partial charge in [0.05, 0.1) is 6.61 Å². The highest BCUT2D eigenvalue weighted by molar-refractivity contribution is 5.80. The molecule has 2 fully saturated rings. The van der Waals surface area contributed by atoms with Gasteiger partial charge >= 0.3 is 0 Å². The number of ether oxygens (including phenoxy) is 1. The number of aromatic nitrogens is 2. The first-order valence-electron chi connectivity index (χ1n) is 8.09. The number of nitrogens with zero attached hydrogens (tertiary/aromatic N) is 4. The summed E-state index contributed by atoms with van der Waals surface area (Å²) in [6.45, 7) is 6.64. The van der Waals surface area contributed by atoms with Crippen molar-refractivity contribution in [3.63, 3.8) is 0 Å². The van der Waals surface area contributed by atoms with E-state index in [-0.39, 0.29) is 0 Å². The summed E-state index contributed by atoms with van der Waals surface area (Å²) in [5.41, 5.74) is 0.349. The molecule has 2 aliphatic rings. The third kappa shape index (κ3) is 3.24. The molecule has 1 aromatic heterocycles. The van der Waals surface area contributed by atoms with Gasteiger partial charge in [-0.2, -0.15) is 4.98 Å². The molecular formula is C15H25N5O2. The molecule has 1 spiro atoms. The van der Waals surface area contributed by atoms with Crippen molar-refractivity contribution in [1.29, 1.82) is 0 Å². The number of nitrogens with one attached hydrogen (secondary N) is 1. The molecule has 0 radical (unpaired) electrons. The van der Waals surface area contributed by atoms with Crippen molar-refractivity contribution < 1.29 is 9.26 Å². The highest BCUT2D eigenvalue weighted by Gasteiger charge is 2.42. The van der Waals surface area contributed by atoms with E-state index in [0.717, 1.165) is 57.5 Å². The van der Waals surface area contributed by atoms with Gasteiger partial charge in [0.15, 0.2) is 11.8 Å². The molecule has 1 N–H and O–H groups in total. The molecule has 0 aliphatic carbocycles. The summed E-state index contributed by atoms with van der Waals surface area (Å²) in [5, 5.41) is 7.38. The lowest BCUT2D eigenvalue weighted by molar-refractivity contribution is 0.156. The van der Waals surface area contributed by atoms with Gasteiger partial charge in [-0.25, -0.2) is 0 Å². The Morgan fingerprint density at radius 1 is 1.45 bits per heavy atom. The summed E-state index contributed by atoms with van der Waals surface area (Å²) in [7, 11) is 1.84. The number of likely N-dealkylation sites (tertiary alicyclic amines) is 1. The second-order valence-electron chi connectivity index (χ2n) is 6.16. The average Bonchev–Trinajstić information content (AvgIpc) is 3.26. The lowest BCUT2D eigenvalue weighted by atomic mass is 9.87. The third-order valence-corrected chi connectivity index (χ3v) is 4.58. The third-order valence-electron chi connectivity index (χ3n) is 4.58. The fraction of sp³-hybridized carbons (Fsp3) is 0.800. The zero-order valence-corrected chi connectivity index (χ0v) is 13.5. The van der Waals surface area contributed by atoms with Gasteiger partial charge in [0, 0.05) is 51.5 Å². The van der Waals surface area contributed by atoms with Gasteiger partial charge in [-0.05, 0) is 12.8 Å². The quantitative estimate of drug-likeness (QED) is 0.657. The first kappa shape index (κ1) is 15.3. The zero-order chi connectivity index (χ0) is 15.4. The molecule has 7 nitrogen and oxygen atoms in total. The molecule has 1 aromatic rings. The standard InChI is InChI=1S/C15H25N5O2/c1-3-13-18-12(19-22-13)4-7-17-14(16-2)20-8-5-15(10-20)6-9-21-11-15/h3-11H2,1-2H3,(H,16,17). The van der Waals surface area contributed by atoms with Gasteiger partial charge in [0.25, 0.3) is 0 Å². The Labute approximate surface area is 131 Å². The highest BCUT2D eigenvalue weighted by atomic mass is 16.5. The van der Waals surface area contributed by atoms with Crippen LogP contribution in [0.1, 0.15) is 31.5 Å².